The molecule has 0 radical (unpaired) electrons. The van der Waals surface area contributed by atoms with E-state index < -0.39 is 6.10 Å². The monoisotopic (exact) mass is 281 g/mol. The summed E-state index contributed by atoms with van der Waals surface area (Å²) in [4.78, 5) is 0. The van der Waals surface area contributed by atoms with Crippen molar-refractivity contribution in [2.24, 2.45) is 0 Å². The Morgan fingerprint density at radius 1 is 1.25 bits per heavy atom. The second-order valence-corrected chi connectivity index (χ2v) is 5.37. The lowest BCUT2D eigenvalue weighted by atomic mass is 10.1. The summed E-state index contributed by atoms with van der Waals surface area (Å²) >= 11 is 0. The molecule has 1 aromatic carbocycles. The van der Waals surface area contributed by atoms with Gasteiger partial charge in [0.2, 0.25) is 0 Å². The van der Waals surface area contributed by atoms with Crippen molar-refractivity contribution in [3.05, 3.63) is 28.8 Å². The Balaban J connectivity index is 2.47. The van der Waals surface area contributed by atoms with Crippen LogP contribution in [0.5, 0.6) is 5.75 Å². The molecule has 3 N–H and O–H groups in total. The molecule has 0 amide bonds. The molecule has 0 bridgehead atoms. The van der Waals surface area contributed by atoms with Crippen molar-refractivity contribution in [2.75, 3.05) is 19.8 Å². The molecule has 114 valence electrons. The first-order valence-electron chi connectivity index (χ1n) is 7.20. The van der Waals surface area contributed by atoms with E-state index in [1.54, 1.807) is 0 Å². The van der Waals surface area contributed by atoms with Crippen molar-refractivity contribution in [3.8, 4) is 5.75 Å². The van der Waals surface area contributed by atoms with E-state index >= 15 is 0 Å². The van der Waals surface area contributed by atoms with Crippen LogP contribution in [0.4, 0.5) is 0 Å². The molecule has 0 heterocycles. The quantitative estimate of drug-likeness (QED) is 0.679. The average Bonchev–Trinajstić information content (AvgIpc) is 2.42. The number of hydrogen-bond acceptors (Lipinski definition) is 4. The summed E-state index contributed by atoms with van der Waals surface area (Å²) < 4.78 is 5.71. The van der Waals surface area contributed by atoms with Gasteiger partial charge in [0.25, 0.3) is 0 Å². The topological polar surface area (TPSA) is 61.7 Å². The molecule has 1 rings (SSSR count). The number of aliphatic hydroxyl groups excluding tert-OH is 2. The van der Waals surface area contributed by atoms with Gasteiger partial charge in [0.15, 0.2) is 0 Å². The molecule has 0 aliphatic carbocycles. The van der Waals surface area contributed by atoms with Gasteiger partial charge in [-0.05, 0) is 49.9 Å². The van der Waals surface area contributed by atoms with Crippen LogP contribution in [0.25, 0.3) is 0 Å². The standard InChI is InChI=1S/C16H27NO3/c1-5-14(9-18)17-8-15(19)10-20-16-7-11(2)6-12(3)13(16)4/h6-7,14-15,17-19H,5,8-10H2,1-4H3. The molecule has 0 aliphatic heterocycles. The minimum absolute atomic E-state index is 0.0348. The Morgan fingerprint density at radius 3 is 2.55 bits per heavy atom. The number of nitrogens with one attached hydrogen (secondary N) is 1. The summed E-state index contributed by atoms with van der Waals surface area (Å²) in [6.45, 7) is 8.86. The van der Waals surface area contributed by atoms with Crippen LogP contribution in [-0.2, 0) is 0 Å². The fraction of sp³-hybridized carbons (Fsp3) is 0.625. The fourth-order valence-electron chi connectivity index (χ4n) is 2.04. The molecule has 0 aliphatic rings. The molecule has 2 unspecified atom stereocenters. The number of rotatable bonds is 8. The van der Waals surface area contributed by atoms with E-state index in [1.807, 2.05) is 26.8 Å². The van der Waals surface area contributed by atoms with Crippen LogP contribution < -0.4 is 10.1 Å². The van der Waals surface area contributed by atoms with Crippen LogP contribution in [0.2, 0.25) is 0 Å². The lowest BCUT2D eigenvalue weighted by molar-refractivity contribution is 0.0991. The van der Waals surface area contributed by atoms with Gasteiger partial charge in [0, 0.05) is 12.6 Å². The van der Waals surface area contributed by atoms with Gasteiger partial charge in [0.1, 0.15) is 18.5 Å². The molecule has 0 fully saturated rings. The highest BCUT2D eigenvalue weighted by molar-refractivity contribution is 5.41. The normalized spacial score (nSPS) is 14.1. The Hall–Kier alpha value is -1.10. The van der Waals surface area contributed by atoms with Crippen LogP contribution in [0.1, 0.15) is 30.0 Å². The first-order valence-corrected chi connectivity index (χ1v) is 7.20. The maximum Gasteiger partial charge on any atom is 0.122 e. The number of hydrogen-bond donors (Lipinski definition) is 3. The van der Waals surface area contributed by atoms with E-state index in [4.69, 9.17) is 9.84 Å². The van der Waals surface area contributed by atoms with Crippen molar-refractivity contribution in [1.29, 1.82) is 0 Å². The Morgan fingerprint density at radius 2 is 1.95 bits per heavy atom. The van der Waals surface area contributed by atoms with Crippen LogP contribution in [0.15, 0.2) is 12.1 Å². The SMILES string of the molecule is CCC(CO)NCC(O)COc1cc(C)cc(C)c1C. The van der Waals surface area contributed by atoms with E-state index in [2.05, 4.69) is 18.3 Å². The summed E-state index contributed by atoms with van der Waals surface area (Å²) in [6, 6.07) is 4.14. The van der Waals surface area contributed by atoms with Crippen molar-refractivity contribution in [3.63, 3.8) is 0 Å². The zero-order valence-corrected chi connectivity index (χ0v) is 12.9. The molecule has 1 aromatic rings. The third-order valence-corrected chi connectivity index (χ3v) is 3.55. The fourth-order valence-corrected chi connectivity index (χ4v) is 2.04. The third kappa shape index (κ3) is 5.12. The molecular formula is C16H27NO3. The van der Waals surface area contributed by atoms with E-state index in [0.717, 1.165) is 23.3 Å². The van der Waals surface area contributed by atoms with Crippen molar-refractivity contribution in [2.45, 2.75) is 46.3 Å². The van der Waals surface area contributed by atoms with Gasteiger partial charge >= 0.3 is 0 Å². The minimum Gasteiger partial charge on any atom is -0.491 e. The lowest BCUT2D eigenvalue weighted by Gasteiger charge is -2.19. The summed E-state index contributed by atoms with van der Waals surface area (Å²) in [5.41, 5.74) is 3.46. The third-order valence-electron chi connectivity index (χ3n) is 3.55. The maximum atomic E-state index is 9.91. The Labute approximate surface area is 121 Å². The van der Waals surface area contributed by atoms with E-state index in [0.29, 0.717) is 6.54 Å². The molecule has 0 aromatic heterocycles. The van der Waals surface area contributed by atoms with Crippen LogP contribution in [0, 0.1) is 20.8 Å². The van der Waals surface area contributed by atoms with Crippen LogP contribution in [-0.4, -0.2) is 42.1 Å². The van der Waals surface area contributed by atoms with Gasteiger partial charge in [0.05, 0.1) is 6.61 Å². The Kier molecular flexibility index (Phi) is 6.99. The smallest absolute Gasteiger partial charge is 0.122 e. The predicted molar refractivity (Wildman–Crippen MR) is 81.3 cm³/mol. The summed E-state index contributed by atoms with van der Waals surface area (Å²) in [6.07, 6.45) is 0.246. The summed E-state index contributed by atoms with van der Waals surface area (Å²) in [7, 11) is 0. The van der Waals surface area contributed by atoms with Gasteiger partial charge in [-0.25, -0.2) is 0 Å². The van der Waals surface area contributed by atoms with Crippen molar-refractivity contribution in [1.82, 2.24) is 5.32 Å². The lowest BCUT2D eigenvalue weighted by Crippen LogP contribution is -2.39. The highest BCUT2D eigenvalue weighted by Crippen LogP contribution is 2.23. The van der Waals surface area contributed by atoms with E-state index in [9.17, 15) is 5.11 Å². The number of benzene rings is 1. The zero-order chi connectivity index (χ0) is 15.1. The van der Waals surface area contributed by atoms with Crippen LogP contribution in [0.3, 0.4) is 0 Å². The molecule has 0 spiro atoms. The zero-order valence-electron chi connectivity index (χ0n) is 12.9. The second-order valence-electron chi connectivity index (χ2n) is 5.37. The highest BCUT2D eigenvalue weighted by atomic mass is 16.5. The first kappa shape index (κ1) is 17.0. The molecule has 20 heavy (non-hydrogen) atoms. The Bertz CT molecular complexity index is 416. The number of aliphatic hydroxyl groups is 2. The largest absolute Gasteiger partial charge is 0.491 e. The maximum absolute atomic E-state index is 9.91. The number of ether oxygens (including phenoxy) is 1. The van der Waals surface area contributed by atoms with E-state index in [1.165, 1.54) is 5.56 Å². The highest BCUT2D eigenvalue weighted by Gasteiger charge is 2.11. The number of aryl methyl sites for hydroxylation is 2. The van der Waals surface area contributed by atoms with Gasteiger partial charge in [-0.1, -0.05) is 13.0 Å². The summed E-state index contributed by atoms with van der Waals surface area (Å²) in [5.74, 6) is 0.829. The minimum atomic E-state index is -0.587. The summed E-state index contributed by atoms with van der Waals surface area (Å²) in [5, 5.41) is 22.1. The first-order chi connectivity index (χ1) is 9.47. The van der Waals surface area contributed by atoms with Gasteiger partial charge in [-0.2, -0.15) is 0 Å². The molecular weight excluding hydrogens is 254 g/mol. The van der Waals surface area contributed by atoms with Gasteiger partial charge in [-0.15, -0.1) is 0 Å². The molecule has 2 atom stereocenters. The van der Waals surface area contributed by atoms with Crippen molar-refractivity contribution >= 4 is 0 Å². The van der Waals surface area contributed by atoms with Crippen LogP contribution >= 0.6 is 0 Å². The molecule has 4 nitrogen and oxygen atoms in total. The van der Waals surface area contributed by atoms with Gasteiger partial charge in [-0.3, -0.25) is 0 Å². The van der Waals surface area contributed by atoms with Gasteiger partial charge < -0.3 is 20.3 Å². The second kappa shape index (κ2) is 8.25. The molecule has 0 saturated heterocycles. The average molecular weight is 281 g/mol. The van der Waals surface area contributed by atoms with E-state index in [-0.39, 0.29) is 19.3 Å². The van der Waals surface area contributed by atoms with Crippen molar-refractivity contribution < 1.29 is 14.9 Å². The molecule has 0 saturated carbocycles. The predicted octanol–water partition coefficient (Wildman–Crippen LogP) is 1.71. The molecule has 4 heteroatoms.